The van der Waals surface area contributed by atoms with E-state index < -0.39 is 0 Å². The average Bonchev–Trinajstić information content (AvgIpc) is 2.69. The first-order valence-electron chi connectivity index (χ1n) is 9.86. The van der Waals surface area contributed by atoms with Crippen molar-refractivity contribution in [2.45, 2.75) is 47.0 Å². The van der Waals surface area contributed by atoms with Gasteiger partial charge in [0.1, 0.15) is 5.75 Å². The van der Waals surface area contributed by atoms with Gasteiger partial charge in [0.15, 0.2) is 6.61 Å². The highest BCUT2D eigenvalue weighted by Crippen LogP contribution is 2.23. The summed E-state index contributed by atoms with van der Waals surface area (Å²) in [4.78, 5) is 14.5. The van der Waals surface area contributed by atoms with Crippen LogP contribution in [-0.4, -0.2) is 25.6 Å². The largest absolute Gasteiger partial charge is 0.484 e. The molecule has 1 atom stereocenters. The van der Waals surface area contributed by atoms with Crippen LogP contribution in [0.1, 0.15) is 51.2 Å². The van der Waals surface area contributed by atoms with Crippen LogP contribution in [0.15, 0.2) is 42.5 Å². The molecule has 2 aromatic rings. The second kappa shape index (κ2) is 10.0. The minimum atomic E-state index is -0.153. The van der Waals surface area contributed by atoms with E-state index in [0.717, 1.165) is 30.8 Å². The molecular weight excluding hydrogens is 336 g/mol. The summed E-state index contributed by atoms with van der Waals surface area (Å²) in [6.07, 6.45) is 1.11. The van der Waals surface area contributed by atoms with Crippen LogP contribution in [0.25, 0.3) is 0 Å². The number of nitrogens with zero attached hydrogens (tertiary/aromatic N) is 1. The first-order valence-corrected chi connectivity index (χ1v) is 9.86. The Bertz CT molecular complexity index is 737. The van der Waals surface area contributed by atoms with E-state index in [4.69, 9.17) is 4.74 Å². The van der Waals surface area contributed by atoms with Crippen LogP contribution in [-0.2, 0) is 4.79 Å². The molecule has 0 aliphatic rings. The summed E-state index contributed by atoms with van der Waals surface area (Å²) < 4.78 is 5.62. The van der Waals surface area contributed by atoms with Gasteiger partial charge in [-0.2, -0.15) is 0 Å². The first-order chi connectivity index (χ1) is 13.0. The number of hydrogen-bond donors (Lipinski definition) is 1. The number of hydrogen-bond acceptors (Lipinski definition) is 3. The number of nitrogens with one attached hydrogen (secondary N) is 1. The highest BCUT2D eigenvalue weighted by Gasteiger charge is 2.09. The summed E-state index contributed by atoms with van der Waals surface area (Å²) in [5.41, 5.74) is 4.34. The number of amides is 1. The normalized spacial score (nSPS) is 11.7. The van der Waals surface area contributed by atoms with Gasteiger partial charge in [-0.3, -0.25) is 4.79 Å². The molecule has 0 aliphatic carbocycles. The molecule has 0 aromatic heterocycles. The van der Waals surface area contributed by atoms with Crippen LogP contribution >= 0.6 is 0 Å². The number of carbonyl (C=O) groups is 1. The summed E-state index contributed by atoms with van der Waals surface area (Å²) in [5.74, 6) is 1.09. The number of rotatable bonds is 9. The minimum absolute atomic E-state index is 0.0000849. The zero-order chi connectivity index (χ0) is 19.8. The molecule has 0 radical (unpaired) electrons. The molecule has 2 rings (SSSR count). The lowest BCUT2D eigenvalue weighted by Crippen LogP contribution is -2.23. The van der Waals surface area contributed by atoms with Gasteiger partial charge in [0.05, 0.1) is 0 Å². The molecule has 27 heavy (non-hydrogen) atoms. The molecule has 0 fully saturated rings. The highest BCUT2D eigenvalue weighted by atomic mass is 16.5. The van der Waals surface area contributed by atoms with E-state index in [1.54, 1.807) is 0 Å². The van der Waals surface area contributed by atoms with Gasteiger partial charge in [-0.05, 0) is 74.6 Å². The number of benzene rings is 2. The van der Waals surface area contributed by atoms with Gasteiger partial charge in [0, 0.05) is 24.5 Å². The lowest BCUT2D eigenvalue weighted by Gasteiger charge is -2.22. The topological polar surface area (TPSA) is 41.6 Å². The molecule has 0 bridgehead atoms. The molecule has 1 amide bonds. The van der Waals surface area contributed by atoms with E-state index >= 15 is 0 Å². The summed E-state index contributed by atoms with van der Waals surface area (Å²) >= 11 is 0. The number of aryl methyl sites for hydroxylation is 1. The van der Waals surface area contributed by atoms with Crippen molar-refractivity contribution in [2.75, 3.05) is 29.9 Å². The van der Waals surface area contributed by atoms with Crippen LogP contribution in [0.3, 0.4) is 0 Å². The second-order valence-corrected chi connectivity index (χ2v) is 6.89. The Kier molecular flexibility index (Phi) is 7.71. The Labute approximate surface area is 163 Å². The minimum Gasteiger partial charge on any atom is -0.484 e. The molecule has 4 nitrogen and oxygen atoms in total. The smallest absolute Gasteiger partial charge is 0.262 e. The molecule has 0 heterocycles. The van der Waals surface area contributed by atoms with Crippen molar-refractivity contribution in [1.29, 1.82) is 0 Å². The van der Waals surface area contributed by atoms with Gasteiger partial charge >= 0.3 is 0 Å². The molecule has 1 N–H and O–H groups in total. The van der Waals surface area contributed by atoms with Crippen LogP contribution < -0.4 is 15.0 Å². The van der Waals surface area contributed by atoms with Crippen LogP contribution in [0.5, 0.6) is 5.75 Å². The van der Waals surface area contributed by atoms with E-state index in [2.05, 4.69) is 56.1 Å². The highest BCUT2D eigenvalue weighted by molar-refractivity contribution is 5.92. The van der Waals surface area contributed by atoms with Crippen molar-refractivity contribution in [3.63, 3.8) is 0 Å². The molecule has 0 aliphatic heterocycles. The van der Waals surface area contributed by atoms with E-state index in [-0.39, 0.29) is 12.5 Å². The van der Waals surface area contributed by atoms with Crippen molar-refractivity contribution >= 4 is 17.3 Å². The third kappa shape index (κ3) is 5.75. The molecular formula is C23H32N2O2. The Balaban J connectivity index is 1.92. The summed E-state index contributed by atoms with van der Waals surface area (Å²) in [6.45, 7) is 12.6. The van der Waals surface area contributed by atoms with Gasteiger partial charge in [-0.15, -0.1) is 0 Å². The summed E-state index contributed by atoms with van der Waals surface area (Å²) in [7, 11) is 0. The monoisotopic (exact) mass is 368 g/mol. The van der Waals surface area contributed by atoms with Crippen molar-refractivity contribution in [2.24, 2.45) is 0 Å². The van der Waals surface area contributed by atoms with E-state index in [1.165, 1.54) is 11.3 Å². The Hall–Kier alpha value is -2.49. The van der Waals surface area contributed by atoms with Crippen LogP contribution in [0, 0.1) is 6.92 Å². The fourth-order valence-corrected chi connectivity index (χ4v) is 3.04. The van der Waals surface area contributed by atoms with Crippen molar-refractivity contribution < 1.29 is 9.53 Å². The van der Waals surface area contributed by atoms with Gasteiger partial charge in [0.25, 0.3) is 5.91 Å². The molecule has 0 spiro atoms. The summed E-state index contributed by atoms with van der Waals surface area (Å²) in [5, 5.41) is 2.94. The predicted molar refractivity (Wildman–Crippen MR) is 114 cm³/mol. The van der Waals surface area contributed by atoms with Crippen molar-refractivity contribution in [3.05, 3.63) is 53.6 Å². The van der Waals surface area contributed by atoms with Crippen LogP contribution in [0.2, 0.25) is 0 Å². The Morgan fingerprint density at radius 2 is 1.74 bits per heavy atom. The average molecular weight is 369 g/mol. The van der Waals surface area contributed by atoms with Gasteiger partial charge < -0.3 is 15.0 Å². The van der Waals surface area contributed by atoms with E-state index in [1.807, 2.05) is 31.2 Å². The zero-order valence-electron chi connectivity index (χ0n) is 17.2. The van der Waals surface area contributed by atoms with Crippen LogP contribution in [0.4, 0.5) is 11.4 Å². The quantitative estimate of drug-likeness (QED) is 0.647. The molecule has 0 saturated carbocycles. The summed E-state index contributed by atoms with van der Waals surface area (Å²) in [6, 6.07) is 14.1. The SMILES string of the molecule is CC[C@H](C)c1ccc(OCC(=O)Nc2ccc(N(CC)CC)cc2C)cc1. The fraction of sp³-hybridized carbons (Fsp3) is 0.435. The number of ether oxygens (including phenoxy) is 1. The maximum atomic E-state index is 12.2. The van der Waals surface area contributed by atoms with Crippen molar-refractivity contribution in [1.82, 2.24) is 0 Å². The maximum Gasteiger partial charge on any atom is 0.262 e. The zero-order valence-corrected chi connectivity index (χ0v) is 17.2. The third-order valence-electron chi connectivity index (χ3n) is 5.04. The Morgan fingerprint density at radius 1 is 1.07 bits per heavy atom. The van der Waals surface area contributed by atoms with E-state index in [0.29, 0.717) is 11.7 Å². The first kappa shape index (κ1) is 20.8. The predicted octanol–water partition coefficient (Wildman–Crippen LogP) is 5.37. The molecule has 2 aromatic carbocycles. The fourth-order valence-electron chi connectivity index (χ4n) is 3.04. The third-order valence-corrected chi connectivity index (χ3v) is 5.04. The van der Waals surface area contributed by atoms with Crippen molar-refractivity contribution in [3.8, 4) is 5.75 Å². The standard InChI is InChI=1S/C23H32N2O2/c1-6-17(4)19-9-12-21(13-10-19)27-16-23(26)24-22-14-11-20(15-18(22)5)25(7-2)8-3/h9-15,17H,6-8,16H2,1-5H3,(H,24,26)/t17-/m0/s1. The lowest BCUT2D eigenvalue weighted by atomic mass is 9.99. The molecule has 146 valence electrons. The maximum absolute atomic E-state index is 12.2. The lowest BCUT2D eigenvalue weighted by molar-refractivity contribution is -0.118. The molecule has 0 saturated heterocycles. The number of anilines is 2. The van der Waals surface area contributed by atoms with Gasteiger partial charge in [0.2, 0.25) is 0 Å². The Morgan fingerprint density at radius 3 is 2.30 bits per heavy atom. The molecule has 0 unspecified atom stereocenters. The number of carbonyl (C=O) groups excluding carboxylic acids is 1. The second-order valence-electron chi connectivity index (χ2n) is 6.89. The molecule has 4 heteroatoms. The van der Waals surface area contributed by atoms with Gasteiger partial charge in [-0.25, -0.2) is 0 Å². The van der Waals surface area contributed by atoms with Gasteiger partial charge in [-0.1, -0.05) is 26.0 Å². The van der Waals surface area contributed by atoms with E-state index in [9.17, 15) is 4.79 Å².